The molecule has 0 aliphatic rings. The molecule has 0 saturated carbocycles. The predicted octanol–water partition coefficient (Wildman–Crippen LogP) is 0.747. The highest BCUT2D eigenvalue weighted by atomic mass is 32.2. The fourth-order valence-corrected chi connectivity index (χ4v) is 2.82. The number of benzene rings is 1. The Balaban J connectivity index is 2.18. The normalized spacial score (nSPS) is 11.7. The van der Waals surface area contributed by atoms with Gasteiger partial charge >= 0.3 is 0 Å². The van der Waals surface area contributed by atoms with E-state index in [-0.39, 0.29) is 17.3 Å². The molecule has 1 aromatic carbocycles. The highest BCUT2D eigenvalue weighted by molar-refractivity contribution is 7.89. The van der Waals surface area contributed by atoms with Crippen LogP contribution in [0.4, 0.5) is 5.69 Å². The van der Waals surface area contributed by atoms with Gasteiger partial charge in [0.1, 0.15) is 0 Å². The fourth-order valence-electron chi connectivity index (χ4n) is 1.62. The van der Waals surface area contributed by atoms with Crippen molar-refractivity contribution in [1.29, 1.82) is 0 Å². The van der Waals surface area contributed by atoms with Crippen molar-refractivity contribution < 1.29 is 12.9 Å². The molecule has 0 saturated heterocycles. The molecule has 0 aliphatic heterocycles. The van der Waals surface area contributed by atoms with Crippen molar-refractivity contribution in [2.75, 3.05) is 5.73 Å². The maximum Gasteiger partial charge on any atom is 0.241 e. The van der Waals surface area contributed by atoms with E-state index in [4.69, 9.17) is 10.3 Å². The lowest BCUT2D eigenvalue weighted by atomic mass is 10.2. The second-order valence-corrected chi connectivity index (χ2v) is 5.82. The summed E-state index contributed by atoms with van der Waals surface area (Å²) >= 11 is 0. The molecule has 0 amide bonds. The number of nitrogen functional groups attached to an aromatic ring is 1. The van der Waals surface area contributed by atoms with Crippen LogP contribution < -0.4 is 10.5 Å². The monoisotopic (exact) mass is 282 g/mol. The number of hydrogen-bond acceptors (Lipinski definition) is 6. The molecule has 2 aromatic rings. The van der Waals surface area contributed by atoms with Gasteiger partial charge in [-0.3, -0.25) is 0 Å². The largest absolute Gasteiger partial charge is 0.399 e. The third-order valence-corrected chi connectivity index (χ3v) is 4.03. The van der Waals surface area contributed by atoms with Crippen molar-refractivity contribution >= 4 is 15.7 Å². The Kier molecular flexibility index (Phi) is 3.54. The van der Waals surface area contributed by atoms with Gasteiger partial charge in [-0.1, -0.05) is 5.16 Å². The summed E-state index contributed by atoms with van der Waals surface area (Å²) in [4.78, 5) is 4.10. The predicted molar refractivity (Wildman–Crippen MR) is 68.7 cm³/mol. The molecule has 0 atom stereocenters. The van der Waals surface area contributed by atoms with Crippen LogP contribution in [0.25, 0.3) is 0 Å². The van der Waals surface area contributed by atoms with Gasteiger partial charge in [0.15, 0.2) is 5.82 Å². The zero-order chi connectivity index (χ0) is 14.0. The molecule has 0 bridgehead atoms. The maximum atomic E-state index is 12.1. The van der Waals surface area contributed by atoms with Gasteiger partial charge in [-0.25, -0.2) is 13.1 Å². The molecule has 3 N–H and O–H groups in total. The Morgan fingerprint density at radius 2 is 2.11 bits per heavy atom. The average Bonchev–Trinajstić information content (AvgIpc) is 2.72. The third kappa shape index (κ3) is 3.09. The number of hydrogen-bond donors (Lipinski definition) is 2. The summed E-state index contributed by atoms with van der Waals surface area (Å²) in [6.45, 7) is 3.29. The molecule has 1 aromatic heterocycles. The first-order chi connectivity index (χ1) is 8.88. The second kappa shape index (κ2) is 4.98. The molecule has 8 heteroatoms. The Morgan fingerprint density at radius 1 is 1.37 bits per heavy atom. The lowest BCUT2D eigenvalue weighted by Gasteiger charge is -2.08. The zero-order valence-corrected chi connectivity index (χ0v) is 11.4. The number of aryl methyl sites for hydroxylation is 2. The number of aromatic nitrogens is 2. The van der Waals surface area contributed by atoms with Crippen LogP contribution in [0.15, 0.2) is 27.6 Å². The van der Waals surface area contributed by atoms with E-state index in [1.165, 1.54) is 6.07 Å². The Morgan fingerprint density at radius 3 is 2.68 bits per heavy atom. The SMILES string of the molecule is Cc1noc(CNS(=O)(=O)c2ccc(N)cc2C)n1. The van der Waals surface area contributed by atoms with Crippen molar-refractivity contribution in [3.63, 3.8) is 0 Å². The molecule has 0 spiro atoms. The highest BCUT2D eigenvalue weighted by Gasteiger charge is 2.17. The van der Waals surface area contributed by atoms with Crippen molar-refractivity contribution in [3.05, 3.63) is 35.5 Å². The Hall–Kier alpha value is -1.93. The summed E-state index contributed by atoms with van der Waals surface area (Å²) in [5, 5.41) is 3.58. The smallest absolute Gasteiger partial charge is 0.241 e. The second-order valence-electron chi connectivity index (χ2n) is 4.08. The summed E-state index contributed by atoms with van der Waals surface area (Å²) < 4.78 is 31.4. The first-order valence-corrected chi connectivity index (χ1v) is 7.02. The Labute approximate surface area is 110 Å². The first kappa shape index (κ1) is 13.5. The van der Waals surface area contributed by atoms with Crippen LogP contribution >= 0.6 is 0 Å². The molecule has 0 aliphatic carbocycles. The lowest BCUT2D eigenvalue weighted by Crippen LogP contribution is -2.24. The van der Waals surface area contributed by atoms with Gasteiger partial charge in [-0.05, 0) is 37.6 Å². The van der Waals surface area contributed by atoms with Crippen LogP contribution in [0.3, 0.4) is 0 Å². The van der Waals surface area contributed by atoms with Crippen molar-refractivity contribution in [3.8, 4) is 0 Å². The van der Waals surface area contributed by atoms with Crippen LogP contribution in [0.2, 0.25) is 0 Å². The van der Waals surface area contributed by atoms with Gasteiger partial charge in [0.05, 0.1) is 11.4 Å². The van der Waals surface area contributed by atoms with Gasteiger partial charge in [-0.2, -0.15) is 4.98 Å². The van der Waals surface area contributed by atoms with Crippen LogP contribution in [0.5, 0.6) is 0 Å². The molecule has 0 unspecified atom stereocenters. The van der Waals surface area contributed by atoms with E-state index < -0.39 is 10.0 Å². The molecular weight excluding hydrogens is 268 g/mol. The number of nitrogens with one attached hydrogen (secondary N) is 1. The molecule has 2 rings (SSSR count). The van der Waals surface area contributed by atoms with E-state index in [9.17, 15) is 8.42 Å². The first-order valence-electron chi connectivity index (χ1n) is 5.53. The highest BCUT2D eigenvalue weighted by Crippen LogP contribution is 2.17. The van der Waals surface area contributed by atoms with E-state index in [1.54, 1.807) is 26.0 Å². The fraction of sp³-hybridized carbons (Fsp3) is 0.273. The molecule has 0 fully saturated rings. The average molecular weight is 282 g/mol. The van der Waals surface area contributed by atoms with Gasteiger partial charge in [0.25, 0.3) is 0 Å². The molecule has 0 radical (unpaired) electrons. The molecule has 7 nitrogen and oxygen atoms in total. The van der Waals surface area contributed by atoms with E-state index >= 15 is 0 Å². The summed E-state index contributed by atoms with van der Waals surface area (Å²) in [6, 6.07) is 4.61. The summed E-state index contributed by atoms with van der Waals surface area (Å²) in [5.41, 5.74) is 6.69. The minimum atomic E-state index is -3.63. The van der Waals surface area contributed by atoms with Crippen LogP contribution in [0.1, 0.15) is 17.3 Å². The number of nitrogens with two attached hydrogens (primary N) is 1. The van der Waals surface area contributed by atoms with Gasteiger partial charge in [-0.15, -0.1) is 0 Å². The topological polar surface area (TPSA) is 111 Å². The molecule has 102 valence electrons. The quantitative estimate of drug-likeness (QED) is 0.800. The van der Waals surface area contributed by atoms with Gasteiger partial charge in [0.2, 0.25) is 15.9 Å². The van der Waals surface area contributed by atoms with Crippen molar-refractivity contribution in [1.82, 2.24) is 14.9 Å². The third-order valence-electron chi connectivity index (χ3n) is 2.47. The van der Waals surface area contributed by atoms with Crippen molar-refractivity contribution in [2.45, 2.75) is 25.3 Å². The Bertz CT molecular complexity index is 694. The lowest BCUT2D eigenvalue weighted by molar-refractivity contribution is 0.372. The molecule has 19 heavy (non-hydrogen) atoms. The number of nitrogens with zero attached hydrogens (tertiary/aromatic N) is 2. The van der Waals surface area contributed by atoms with E-state index in [2.05, 4.69) is 14.9 Å². The van der Waals surface area contributed by atoms with Crippen LogP contribution in [-0.2, 0) is 16.6 Å². The summed E-state index contributed by atoms with van der Waals surface area (Å²) in [6.07, 6.45) is 0. The standard InChI is InChI=1S/C11H14N4O3S/c1-7-5-9(12)3-4-10(7)19(16,17)13-6-11-14-8(2)15-18-11/h3-5,13H,6,12H2,1-2H3. The van der Waals surface area contributed by atoms with Crippen LogP contribution in [-0.4, -0.2) is 18.6 Å². The maximum absolute atomic E-state index is 12.1. The summed E-state index contributed by atoms with van der Waals surface area (Å²) in [5.74, 6) is 0.673. The summed E-state index contributed by atoms with van der Waals surface area (Å²) in [7, 11) is -3.63. The minimum absolute atomic E-state index is 0.0486. The number of sulfonamides is 1. The van der Waals surface area contributed by atoms with E-state index in [0.717, 1.165) is 0 Å². The minimum Gasteiger partial charge on any atom is -0.399 e. The van der Waals surface area contributed by atoms with E-state index in [1.807, 2.05) is 0 Å². The number of anilines is 1. The zero-order valence-electron chi connectivity index (χ0n) is 10.5. The number of rotatable bonds is 4. The van der Waals surface area contributed by atoms with Crippen molar-refractivity contribution in [2.24, 2.45) is 0 Å². The van der Waals surface area contributed by atoms with E-state index in [0.29, 0.717) is 17.1 Å². The molecular formula is C11H14N4O3S. The van der Waals surface area contributed by atoms with Gasteiger partial charge in [0, 0.05) is 5.69 Å². The van der Waals surface area contributed by atoms with Gasteiger partial charge < -0.3 is 10.3 Å². The van der Waals surface area contributed by atoms with Crippen LogP contribution in [0, 0.1) is 13.8 Å². The molecule has 1 heterocycles.